The molecule has 0 aliphatic carbocycles. The van der Waals surface area contributed by atoms with E-state index in [1.165, 1.54) is 0 Å². The fourth-order valence-electron chi connectivity index (χ4n) is 3.41. The number of hydrogen-bond donors (Lipinski definition) is 1. The van der Waals surface area contributed by atoms with Crippen LogP contribution in [-0.2, 0) is 30.5 Å². The Labute approximate surface area is 169 Å². The lowest BCUT2D eigenvalue weighted by Crippen LogP contribution is -2.37. The number of nitrogens with one attached hydrogen (secondary N) is 1. The van der Waals surface area contributed by atoms with Crippen LogP contribution >= 0.6 is 0 Å². The Morgan fingerprint density at radius 3 is 2.28 bits per heavy atom. The Balaban J connectivity index is 1.85. The van der Waals surface area contributed by atoms with E-state index in [9.17, 15) is 14.4 Å². The van der Waals surface area contributed by atoms with Crippen molar-refractivity contribution in [2.45, 2.75) is 25.5 Å². The third-order valence-corrected chi connectivity index (χ3v) is 4.82. The molecule has 3 atom stereocenters. The summed E-state index contributed by atoms with van der Waals surface area (Å²) in [5.41, 5.74) is 1.47. The molecule has 7 nitrogen and oxygen atoms in total. The number of methoxy groups -OCH3 is 1. The fourth-order valence-corrected chi connectivity index (χ4v) is 3.41. The van der Waals surface area contributed by atoms with Crippen LogP contribution in [0, 0.1) is 5.92 Å². The Kier molecular flexibility index (Phi) is 6.49. The molecule has 2 aromatic rings. The van der Waals surface area contributed by atoms with Gasteiger partial charge in [0.05, 0.1) is 13.7 Å². The summed E-state index contributed by atoms with van der Waals surface area (Å²) in [4.78, 5) is 37.8. The first-order valence-corrected chi connectivity index (χ1v) is 9.36. The predicted molar refractivity (Wildman–Crippen MR) is 104 cm³/mol. The number of hydrogen-bond acceptors (Lipinski definition) is 6. The van der Waals surface area contributed by atoms with Crippen LogP contribution in [0.3, 0.4) is 0 Å². The molecule has 0 aromatic heterocycles. The van der Waals surface area contributed by atoms with Gasteiger partial charge in [0.2, 0.25) is 5.91 Å². The highest BCUT2D eigenvalue weighted by Gasteiger charge is 2.51. The van der Waals surface area contributed by atoms with E-state index in [-0.39, 0.29) is 13.2 Å². The van der Waals surface area contributed by atoms with Crippen LogP contribution in [0.25, 0.3) is 0 Å². The number of carbonyl (C=O) groups excluding carboxylic acids is 3. The number of carbonyl (C=O) groups is 3. The summed E-state index contributed by atoms with van der Waals surface area (Å²) < 4.78 is 15.7. The van der Waals surface area contributed by atoms with Gasteiger partial charge in [-0.1, -0.05) is 42.5 Å². The van der Waals surface area contributed by atoms with Gasteiger partial charge >= 0.3 is 11.9 Å². The lowest BCUT2D eigenvalue weighted by atomic mass is 9.84. The molecule has 1 N–H and O–H groups in total. The summed E-state index contributed by atoms with van der Waals surface area (Å²) in [6.45, 7) is 1.88. The summed E-state index contributed by atoms with van der Waals surface area (Å²) in [7, 11) is 1.54. The molecule has 1 fully saturated rings. The number of ether oxygens (including phenoxy) is 3. The van der Waals surface area contributed by atoms with E-state index in [2.05, 4.69) is 5.32 Å². The van der Waals surface area contributed by atoms with Crippen molar-refractivity contribution in [1.82, 2.24) is 5.32 Å². The molecule has 0 unspecified atom stereocenters. The first kappa shape index (κ1) is 20.4. The lowest BCUT2D eigenvalue weighted by Gasteiger charge is -2.21. The van der Waals surface area contributed by atoms with Crippen molar-refractivity contribution in [2.75, 3.05) is 13.7 Å². The van der Waals surface area contributed by atoms with E-state index in [0.29, 0.717) is 11.3 Å². The van der Waals surface area contributed by atoms with E-state index in [1.54, 1.807) is 38.3 Å². The molecule has 0 radical (unpaired) electrons. The lowest BCUT2D eigenvalue weighted by molar-refractivity contribution is -0.151. The highest BCUT2D eigenvalue weighted by atomic mass is 16.5. The van der Waals surface area contributed by atoms with Gasteiger partial charge in [0.15, 0.2) is 0 Å². The van der Waals surface area contributed by atoms with Crippen molar-refractivity contribution in [1.29, 1.82) is 0 Å². The number of benzene rings is 2. The average Bonchev–Trinajstić information content (AvgIpc) is 3.10. The highest BCUT2D eigenvalue weighted by molar-refractivity contribution is 6.04. The van der Waals surface area contributed by atoms with Gasteiger partial charge in [-0.05, 0) is 30.2 Å². The highest BCUT2D eigenvalue weighted by Crippen LogP contribution is 2.36. The normalized spacial score (nSPS) is 20.6. The minimum absolute atomic E-state index is 0.0749. The van der Waals surface area contributed by atoms with Gasteiger partial charge in [-0.2, -0.15) is 0 Å². The number of esters is 2. The maximum atomic E-state index is 12.8. The van der Waals surface area contributed by atoms with Gasteiger partial charge in [0.25, 0.3) is 0 Å². The van der Waals surface area contributed by atoms with E-state index in [0.717, 1.165) is 5.56 Å². The molecule has 7 heteroatoms. The van der Waals surface area contributed by atoms with Crippen molar-refractivity contribution < 1.29 is 28.6 Å². The second kappa shape index (κ2) is 9.23. The molecule has 1 amide bonds. The van der Waals surface area contributed by atoms with Crippen LogP contribution in [-0.4, -0.2) is 37.6 Å². The van der Waals surface area contributed by atoms with Crippen molar-refractivity contribution in [3.63, 3.8) is 0 Å². The van der Waals surface area contributed by atoms with Crippen LogP contribution in [0.5, 0.6) is 5.75 Å². The van der Waals surface area contributed by atoms with Crippen LogP contribution in [0.4, 0.5) is 0 Å². The maximum absolute atomic E-state index is 12.8. The molecule has 0 saturated carbocycles. The first-order valence-electron chi connectivity index (χ1n) is 9.36. The number of amides is 1. The Bertz CT molecular complexity index is 865. The van der Waals surface area contributed by atoms with Crippen LogP contribution < -0.4 is 10.1 Å². The largest absolute Gasteiger partial charge is 0.497 e. The summed E-state index contributed by atoms with van der Waals surface area (Å²) in [5.74, 6) is -3.06. The van der Waals surface area contributed by atoms with Crippen LogP contribution in [0.15, 0.2) is 54.6 Å². The Hall–Kier alpha value is -3.35. The van der Waals surface area contributed by atoms with Gasteiger partial charge in [0.1, 0.15) is 24.3 Å². The first-order chi connectivity index (χ1) is 14.0. The Morgan fingerprint density at radius 1 is 0.966 bits per heavy atom. The average molecular weight is 397 g/mol. The van der Waals surface area contributed by atoms with Gasteiger partial charge in [-0.25, -0.2) is 4.79 Å². The molecule has 0 bridgehead atoms. The predicted octanol–water partition coefficient (Wildman–Crippen LogP) is 2.20. The zero-order valence-electron chi connectivity index (χ0n) is 16.3. The molecule has 1 heterocycles. The summed E-state index contributed by atoms with van der Waals surface area (Å²) in [6, 6.07) is 15.1. The van der Waals surface area contributed by atoms with Crippen LogP contribution in [0.2, 0.25) is 0 Å². The number of rotatable bonds is 7. The molecule has 1 aliphatic heterocycles. The molecule has 2 aromatic carbocycles. The van der Waals surface area contributed by atoms with Crippen LogP contribution in [0.1, 0.15) is 24.0 Å². The second-order valence-electron chi connectivity index (χ2n) is 6.61. The SMILES string of the molecule is CCOC(=O)[C@@H]1C(=O)N[C@H](C(=O)OCc2ccccc2)[C@H]1c1ccc(OC)cc1. The summed E-state index contributed by atoms with van der Waals surface area (Å²) in [5, 5.41) is 2.61. The standard InChI is InChI=1S/C22H23NO6/c1-3-28-21(25)18-17(15-9-11-16(27-2)12-10-15)19(23-20(18)24)22(26)29-13-14-7-5-4-6-8-14/h4-12,17-19H,3,13H2,1-2H3,(H,23,24)/t17-,18-,19-/m0/s1. The molecule has 3 rings (SSSR count). The van der Waals surface area contributed by atoms with Gasteiger partial charge < -0.3 is 19.5 Å². The zero-order chi connectivity index (χ0) is 20.8. The summed E-state index contributed by atoms with van der Waals surface area (Å²) >= 11 is 0. The second-order valence-corrected chi connectivity index (χ2v) is 6.61. The van der Waals surface area contributed by atoms with E-state index in [1.807, 2.05) is 30.3 Å². The van der Waals surface area contributed by atoms with Gasteiger partial charge in [-0.15, -0.1) is 0 Å². The minimum Gasteiger partial charge on any atom is -0.497 e. The Morgan fingerprint density at radius 2 is 1.66 bits per heavy atom. The summed E-state index contributed by atoms with van der Waals surface area (Å²) in [6.07, 6.45) is 0. The third-order valence-electron chi connectivity index (χ3n) is 4.82. The topological polar surface area (TPSA) is 90.9 Å². The van der Waals surface area contributed by atoms with Crippen molar-refractivity contribution >= 4 is 17.8 Å². The van der Waals surface area contributed by atoms with Gasteiger partial charge in [0, 0.05) is 5.92 Å². The van der Waals surface area contributed by atoms with E-state index in [4.69, 9.17) is 14.2 Å². The molecule has 152 valence electrons. The minimum atomic E-state index is -1.13. The quantitative estimate of drug-likeness (QED) is 0.569. The molecular weight excluding hydrogens is 374 g/mol. The fraction of sp³-hybridized carbons (Fsp3) is 0.318. The third kappa shape index (κ3) is 4.56. The van der Waals surface area contributed by atoms with Crippen molar-refractivity contribution in [3.05, 3.63) is 65.7 Å². The van der Waals surface area contributed by atoms with Crippen molar-refractivity contribution in [2.24, 2.45) is 5.92 Å². The molecular formula is C22H23NO6. The van der Waals surface area contributed by atoms with Gasteiger partial charge in [-0.3, -0.25) is 9.59 Å². The molecule has 0 spiro atoms. The molecule has 1 aliphatic rings. The molecule has 1 saturated heterocycles. The molecule has 29 heavy (non-hydrogen) atoms. The maximum Gasteiger partial charge on any atom is 0.329 e. The van der Waals surface area contributed by atoms with E-state index >= 15 is 0 Å². The van der Waals surface area contributed by atoms with Crippen molar-refractivity contribution in [3.8, 4) is 5.75 Å². The smallest absolute Gasteiger partial charge is 0.329 e. The zero-order valence-corrected chi connectivity index (χ0v) is 16.3. The van der Waals surface area contributed by atoms with E-state index < -0.39 is 35.7 Å². The monoisotopic (exact) mass is 397 g/mol.